The third kappa shape index (κ3) is 3.20. The fourth-order valence-corrected chi connectivity index (χ4v) is 1.38. The Kier molecular flexibility index (Phi) is 3.91. The molecule has 16 heavy (non-hydrogen) atoms. The molecule has 0 heterocycles. The Balaban J connectivity index is 2.68. The number of hydrogen-bond donors (Lipinski definition) is 2. The molecular formula is C11H13BrFNO2. The van der Waals surface area contributed by atoms with E-state index in [1.807, 2.05) is 0 Å². The molecule has 0 saturated heterocycles. The number of hydrogen-bond acceptors (Lipinski definition) is 2. The highest BCUT2D eigenvalue weighted by molar-refractivity contribution is 9.10. The Bertz CT molecular complexity index is 407. The van der Waals surface area contributed by atoms with Crippen molar-refractivity contribution in [1.29, 1.82) is 0 Å². The molecule has 0 unspecified atom stereocenters. The zero-order valence-corrected chi connectivity index (χ0v) is 10.6. The van der Waals surface area contributed by atoms with Gasteiger partial charge in [0.05, 0.1) is 9.89 Å². The lowest BCUT2D eigenvalue weighted by Gasteiger charge is -2.20. The van der Waals surface area contributed by atoms with Crippen LogP contribution in [-0.2, 0) is 4.79 Å². The summed E-state index contributed by atoms with van der Waals surface area (Å²) in [6.45, 7) is 3.53. The topological polar surface area (TPSA) is 49.3 Å². The Morgan fingerprint density at radius 3 is 2.69 bits per heavy atom. The van der Waals surface area contributed by atoms with Crippen molar-refractivity contribution in [2.75, 3.05) is 11.9 Å². The molecule has 2 N–H and O–H groups in total. The molecule has 0 aliphatic heterocycles. The predicted molar refractivity (Wildman–Crippen MR) is 64.0 cm³/mol. The van der Waals surface area contributed by atoms with Crippen LogP contribution in [0.1, 0.15) is 13.8 Å². The van der Waals surface area contributed by atoms with Gasteiger partial charge in [-0.3, -0.25) is 4.79 Å². The molecule has 0 bridgehead atoms. The summed E-state index contributed by atoms with van der Waals surface area (Å²) in [6.07, 6.45) is 0. The van der Waals surface area contributed by atoms with Gasteiger partial charge >= 0.3 is 5.97 Å². The first-order chi connectivity index (χ1) is 7.33. The lowest BCUT2D eigenvalue weighted by molar-refractivity contribution is -0.146. The summed E-state index contributed by atoms with van der Waals surface area (Å²) < 4.78 is 13.3. The van der Waals surface area contributed by atoms with E-state index in [0.717, 1.165) is 0 Å². The summed E-state index contributed by atoms with van der Waals surface area (Å²) in [5, 5.41) is 11.9. The molecule has 3 nitrogen and oxygen atoms in total. The van der Waals surface area contributed by atoms with Crippen LogP contribution in [0.15, 0.2) is 22.7 Å². The molecule has 0 radical (unpaired) electrons. The van der Waals surface area contributed by atoms with Crippen molar-refractivity contribution in [1.82, 2.24) is 0 Å². The van der Waals surface area contributed by atoms with Crippen molar-refractivity contribution in [3.05, 3.63) is 28.5 Å². The molecule has 0 amide bonds. The van der Waals surface area contributed by atoms with Crippen LogP contribution in [0.5, 0.6) is 0 Å². The Hall–Kier alpha value is -1.10. The van der Waals surface area contributed by atoms with Gasteiger partial charge in [-0.25, -0.2) is 4.39 Å². The zero-order chi connectivity index (χ0) is 12.3. The SMILES string of the molecule is CC(C)(CNc1ccc(F)c(Br)c1)C(=O)O. The van der Waals surface area contributed by atoms with E-state index in [4.69, 9.17) is 5.11 Å². The molecule has 0 aromatic heterocycles. The lowest BCUT2D eigenvalue weighted by atomic mass is 9.94. The van der Waals surface area contributed by atoms with Gasteiger partial charge in [-0.2, -0.15) is 0 Å². The van der Waals surface area contributed by atoms with E-state index in [1.54, 1.807) is 26.0 Å². The molecule has 0 saturated carbocycles. The van der Waals surface area contributed by atoms with E-state index >= 15 is 0 Å². The average Bonchev–Trinajstić information content (AvgIpc) is 2.20. The van der Waals surface area contributed by atoms with E-state index in [0.29, 0.717) is 10.2 Å². The second-order valence-electron chi connectivity index (χ2n) is 4.17. The van der Waals surface area contributed by atoms with E-state index < -0.39 is 11.4 Å². The van der Waals surface area contributed by atoms with Crippen LogP contribution in [-0.4, -0.2) is 17.6 Å². The van der Waals surface area contributed by atoms with Crippen molar-refractivity contribution >= 4 is 27.6 Å². The van der Waals surface area contributed by atoms with Crippen molar-refractivity contribution in [2.24, 2.45) is 5.41 Å². The summed E-state index contributed by atoms with van der Waals surface area (Å²) >= 11 is 3.06. The van der Waals surface area contributed by atoms with E-state index in [2.05, 4.69) is 21.2 Å². The molecule has 1 aromatic rings. The summed E-state index contributed by atoms with van der Waals surface area (Å²) in [4.78, 5) is 10.9. The maximum absolute atomic E-state index is 12.9. The predicted octanol–water partition coefficient (Wildman–Crippen LogP) is 3.11. The van der Waals surface area contributed by atoms with Crippen LogP contribution in [0.2, 0.25) is 0 Å². The molecule has 0 aliphatic carbocycles. The molecule has 1 aromatic carbocycles. The minimum absolute atomic E-state index is 0.278. The second-order valence-corrected chi connectivity index (χ2v) is 5.03. The highest BCUT2D eigenvalue weighted by atomic mass is 79.9. The molecule has 0 fully saturated rings. The average molecular weight is 290 g/mol. The van der Waals surface area contributed by atoms with E-state index in [1.165, 1.54) is 6.07 Å². The van der Waals surface area contributed by atoms with Crippen molar-refractivity contribution in [3.8, 4) is 0 Å². The zero-order valence-electron chi connectivity index (χ0n) is 9.05. The highest BCUT2D eigenvalue weighted by Crippen LogP contribution is 2.22. The van der Waals surface area contributed by atoms with Crippen LogP contribution in [0, 0.1) is 11.2 Å². The Labute approximate surface area is 102 Å². The largest absolute Gasteiger partial charge is 0.481 e. The van der Waals surface area contributed by atoms with Crippen LogP contribution < -0.4 is 5.32 Å². The third-order valence-corrected chi connectivity index (χ3v) is 2.84. The van der Waals surface area contributed by atoms with Gasteiger partial charge in [0.15, 0.2) is 0 Å². The molecule has 0 atom stereocenters. The minimum atomic E-state index is -0.874. The summed E-state index contributed by atoms with van der Waals surface area (Å²) in [6, 6.07) is 4.46. The molecule has 0 aliphatic rings. The number of anilines is 1. The van der Waals surface area contributed by atoms with Crippen LogP contribution in [0.25, 0.3) is 0 Å². The number of carbonyl (C=O) groups is 1. The first kappa shape index (κ1) is 13.0. The fraction of sp³-hybridized carbons (Fsp3) is 0.364. The van der Waals surface area contributed by atoms with Crippen LogP contribution >= 0.6 is 15.9 Å². The summed E-state index contributed by atoms with van der Waals surface area (Å²) in [7, 11) is 0. The van der Waals surface area contributed by atoms with Gasteiger partial charge in [-0.15, -0.1) is 0 Å². The number of carboxylic acids is 1. The molecule has 1 rings (SSSR count). The van der Waals surface area contributed by atoms with Gasteiger partial charge < -0.3 is 10.4 Å². The van der Waals surface area contributed by atoms with Gasteiger partial charge in [0.2, 0.25) is 0 Å². The smallest absolute Gasteiger partial charge is 0.310 e. The maximum atomic E-state index is 12.9. The molecular weight excluding hydrogens is 277 g/mol. The number of rotatable bonds is 4. The number of benzene rings is 1. The van der Waals surface area contributed by atoms with Crippen LogP contribution in [0.4, 0.5) is 10.1 Å². The maximum Gasteiger partial charge on any atom is 0.310 e. The quantitative estimate of drug-likeness (QED) is 0.895. The Morgan fingerprint density at radius 1 is 1.56 bits per heavy atom. The number of carboxylic acid groups (broad SMARTS) is 1. The molecule has 88 valence electrons. The van der Waals surface area contributed by atoms with Crippen molar-refractivity contribution in [2.45, 2.75) is 13.8 Å². The van der Waals surface area contributed by atoms with E-state index in [-0.39, 0.29) is 12.4 Å². The van der Waals surface area contributed by atoms with Crippen molar-refractivity contribution < 1.29 is 14.3 Å². The molecule has 0 spiro atoms. The van der Waals surface area contributed by atoms with Gasteiger partial charge in [-0.1, -0.05) is 0 Å². The molecule has 5 heteroatoms. The van der Waals surface area contributed by atoms with Gasteiger partial charge in [0, 0.05) is 12.2 Å². The van der Waals surface area contributed by atoms with E-state index in [9.17, 15) is 9.18 Å². The fourth-order valence-electron chi connectivity index (χ4n) is 1.00. The summed E-state index contributed by atoms with van der Waals surface area (Å²) in [5.41, 5.74) is -0.177. The van der Waals surface area contributed by atoms with Crippen molar-refractivity contribution in [3.63, 3.8) is 0 Å². The first-order valence-corrected chi connectivity index (χ1v) is 5.54. The van der Waals surface area contributed by atoms with Gasteiger partial charge in [0.25, 0.3) is 0 Å². The van der Waals surface area contributed by atoms with Gasteiger partial charge in [0.1, 0.15) is 5.82 Å². The Morgan fingerprint density at radius 2 is 2.19 bits per heavy atom. The number of halogens is 2. The van der Waals surface area contributed by atoms with Gasteiger partial charge in [-0.05, 0) is 48.0 Å². The lowest BCUT2D eigenvalue weighted by Crippen LogP contribution is -2.31. The monoisotopic (exact) mass is 289 g/mol. The highest BCUT2D eigenvalue weighted by Gasteiger charge is 2.26. The van der Waals surface area contributed by atoms with Crippen LogP contribution in [0.3, 0.4) is 0 Å². The summed E-state index contributed by atoms with van der Waals surface area (Å²) in [5.74, 6) is -1.22. The first-order valence-electron chi connectivity index (χ1n) is 4.75. The second kappa shape index (κ2) is 4.82. The standard InChI is InChI=1S/C11H13BrFNO2/c1-11(2,10(15)16)6-14-7-3-4-9(13)8(12)5-7/h3-5,14H,6H2,1-2H3,(H,15,16). The number of aliphatic carboxylic acids is 1. The third-order valence-electron chi connectivity index (χ3n) is 2.23. The normalized spacial score (nSPS) is 11.2. The number of nitrogens with one attached hydrogen (secondary N) is 1. The minimum Gasteiger partial charge on any atom is -0.481 e.